The predicted molar refractivity (Wildman–Crippen MR) is 79.6 cm³/mol. The molecule has 1 aliphatic heterocycles. The number of hydrogen-bond donors (Lipinski definition) is 2. The molecule has 3 nitrogen and oxygen atoms in total. The van der Waals surface area contributed by atoms with E-state index in [1.165, 1.54) is 12.1 Å². The molecule has 20 heavy (non-hydrogen) atoms. The number of anilines is 2. The number of thioether (sulfide) groups is 1. The quantitative estimate of drug-likeness (QED) is 0.847. The second-order valence-electron chi connectivity index (χ2n) is 4.53. The van der Waals surface area contributed by atoms with Gasteiger partial charge in [0.1, 0.15) is 11.9 Å². The van der Waals surface area contributed by atoms with E-state index in [0.29, 0.717) is 5.69 Å². The average Bonchev–Trinajstić information content (AvgIpc) is 2.75. The average molecular weight is 288 g/mol. The Bertz CT molecular complexity index is 657. The van der Waals surface area contributed by atoms with E-state index in [1.54, 1.807) is 17.8 Å². The molecule has 3 rings (SSSR count). The fourth-order valence-corrected chi connectivity index (χ4v) is 2.64. The van der Waals surface area contributed by atoms with E-state index in [2.05, 4.69) is 10.6 Å². The zero-order chi connectivity index (χ0) is 14.1. The summed E-state index contributed by atoms with van der Waals surface area (Å²) in [6.45, 7) is 0. The van der Waals surface area contributed by atoms with Crippen molar-refractivity contribution in [3.63, 3.8) is 0 Å². The van der Waals surface area contributed by atoms with Gasteiger partial charge in [-0.15, -0.1) is 11.8 Å². The summed E-state index contributed by atoms with van der Waals surface area (Å²) in [7, 11) is 0. The molecule has 0 aromatic heterocycles. The Balaban J connectivity index is 1.86. The minimum absolute atomic E-state index is 0.167. The molecule has 0 aliphatic carbocycles. The molecule has 0 spiro atoms. The van der Waals surface area contributed by atoms with Crippen LogP contribution < -0.4 is 10.6 Å². The van der Waals surface area contributed by atoms with E-state index < -0.39 is 6.04 Å². The van der Waals surface area contributed by atoms with Crippen molar-refractivity contribution in [2.75, 3.05) is 16.9 Å². The Morgan fingerprint density at radius 2 is 1.95 bits per heavy atom. The molecular weight excluding hydrogens is 275 g/mol. The molecule has 0 radical (unpaired) electrons. The van der Waals surface area contributed by atoms with Crippen molar-refractivity contribution in [2.24, 2.45) is 0 Å². The molecule has 1 unspecified atom stereocenters. The number of amides is 1. The maximum Gasteiger partial charge on any atom is 0.251 e. The second kappa shape index (κ2) is 5.17. The second-order valence-corrected chi connectivity index (χ2v) is 5.41. The Morgan fingerprint density at radius 1 is 1.20 bits per heavy atom. The number of halogens is 1. The van der Waals surface area contributed by atoms with Gasteiger partial charge in [-0.25, -0.2) is 4.39 Å². The van der Waals surface area contributed by atoms with E-state index in [-0.39, 0.29) is 11.7 Å². The molecule has 0 fully saturated rings. The predicted octanol–water partition coefficient (Wildman–Crippen LogP) is 3.65. The van der Waals surface area contributed by atoms with Crippen molar-refractivity contribution < 1.29 is 9.18 Å². The van der Waals surface area contributed by atoms with Crippen LogP contribution in [0.25, 0.3) is 0 Å². The molecular formula is C15H13FN2OS. The first-order chi connectivity index (χ1) is 9.67. The molecule has 0 saturated heterocycles. The van der Waals surface area contributed by atoms with Crippen molar-refractivity contribution in [3.8, 4) is 0 Å². The lowest BCUT2D eigenvalue weighted by Gasteiger charge is -2.13. The van der Waals surface area contributed by atoms with Crippen LogP contribution in [0.1, 0.15) is 11.6 Å². The zero-order valence-corrected chi connectivity index (χ0v) is 11.6. The van der Waals surface area contributed by atoms with E-state index >= 15 is 0 Å². The molecule has 1 amide bonds. The van der Waals surface area contributed by atoms with Gasteiger partial charge in [-0.3, -0.25) is 4.79 Å². The van der Waals surface area contributed by atoms with E-state index in [1.807, 2.05) is 30.5 Å². The Morgan fingerprint density at radius 3 is 2.65 bits per heavy atom. The van der Waals surface area contributed by atoms with E-state index in [4.69, 9.17) is 0 Å². The molecule has 0 saturated carbocycles. The molecule has 1 atom stereocenters. The summed E-state index contributed by atoms with van der Waals surface area (Å²) in [5.41, 5.74) is 2.17. The van der Waals surface area contributed by atoms with Crippen molar-refractivity contribution in [3.05, 3.63) is 53.8 Å². The summed E-state index contributed by atoms with van der Waals surface area (Å²) in [5.74, 6) is -0.520. The van der Waals surface area contributed by atoms with Gasteiger partial charge < -0.3 is 10.6 Å². The van der Waals surface area contributed by atoms with Gasteiger partial charge >= 0.3 is 0 Å². The minimum Gasteiger partial charge on any atom is -0.370 e. The maximum atomic E-state index is 13.2. The van der Waals surface area contributed by atoms with Crippen molar-refractivity contribution in [2.45, 2.75) is 10.9 Å². The van der Waals surface area contributed by atoms with Gasteiger partial charge in [0.2, 0.25) is 0 Å². The van der Waals surface area contributed by atoms with Crippen LogP contribution in [0.2, 0.25) is 0 Å². The van der Waals surface area contributed by atoms with Crippen LogP contribution >= 0.6 is 11.8 Å². The molecule has 1 aliphatic rings. The number of nitrogens with one attached hydrogen (secondary N) is 2. The lowest BCUT2D eigenvalue weighted by Crippen LogP contribution is -2.19. The van der Waals surface area contributed by atoms with Gasteiger partial charge in [0, 0.05) is 21.8 Å². The molecule has 5 heteroatoms. The van der Waals surface area contributed by atoms with Gasteiger partial charge in [0.05, 0.1) is 0 Å². The summed E-state index contributed by atoms with van der Waals surface area (Å²) >= 11 is 1.66. The smallest absolute Gasteiger partial charge is 0.251 e. The number of fused-ring (bicyclic) bond motifs is 1. The standard InChI is InChI=1S/C15H13FN2OS/c1-20-11-5-3-10(4-6-11)17-14-12-7-2-9(16)8-13(12)18-15(14)19/h2-8,14,17H,1H3,(H,18,19). The summed E-state index contributed by atoms with van der Waals surface area (Å²) in [6, 6.07) is 11.7. The fraction of sp³-hybridized carbons (Fsp3) is 0.133. The summed E-state index contributed by atoms with van der Waals surface area (Å²) in [6.07, 6.45) is 2.01. The summed E-state index contributed by atoms with van der Waals surface area (Å²) in [4.78, 5) is 13.1. The monoisotopic (exact) mass is 288 g/mol. The first-order valence-corrected chi connectivity index (χ1v) is 7.41. The van der Waals surface area contributed by atoms with E-state index in [9.17, 15) is 9.18 Å². The third-order valence-electron chi connectivity index (χ3n) is 3.25. The topological polar surface area (TPSA) is 41.1 Å². The van der Waals surface area contributed by atoms with E-state index in [0.717, 1.165) is 16.1 Å². The first kappa shape index (κ1) is 13.0. The van der Waals surface area contributed by atoms with Crippen molar-refractivity contribution in [1.29, 1.82) is 0 Å². The van der Waals surface area contributed by atoms with Crippen molar-refractivity contribution >= 4 is 29.0 Å². The van der Waals surface area contributed by atoms with Crippen LogP contribution in [0.4, 0.5) is 15.8 Å². The molecule has 1 heterocycles. The van der Waals surface area contributed by atoms with Gasteiger partial charge in [-0.2, -0.15) is 0 Å². The number of hydrogen-bond acceptors (Lipinski definition) is 3. The van der Waals surface area contributed by atoms with Gasteiger partial charge in [0.25, 0.3) is 5.91 Å². The molecule has 2 aromatic rings. The van der Waals surface area contributed by atoms with Gasteiger partial charge in [-0.1, -0.05) is 6.07 Å². The third kappa shape index (κ3) is 2.36. The van der Waals surface area contributed by atoms with Crippen LogP contribution in [0.3, 0.4) is 0 Å². The molecule has 2 aromatic carbocycles. The van der Waals surface area contributed by atoms with Crippen LogP contribution in [0, 0.1) is 5.82 Å². The summed E-state index contributed by atoms with van der Waals surface area (Å²) < 4.78 is 13.2. The number of benzene rings is 2. The first-order valence-electron chi connectivity index (χ1n) is 6.18. The highest BCUT2D eigenvalue weighted by Crippen LogP contribution is 2.33. The lowest BCUT2D eigenvalue weighted by atomic mass is 10.1. The molecule has 102 valence electrons. The maximum absolute atomic E-state index is 13.2. The zero-order valence-electron chi connectivity index (χ0n) is 10.8. The van der Waals surface area contributed by atoms with Crippen molar-refractivity contribution in [1.82, 2.24) is 0 Å². The number of carbonyl (C=O) groups excluding carboxylic acids is 1. The van der Waals surface area contributed by atoms with Crippen LogP contribution in [-0.2, 0) is 4.79 Å². The largest absolute Gasteiger partial charge is 0.370 e. The fourth-order valence-electron chi connectivity index (χ4n) is 2.23. The number of carbonyl (C=O) groups is 1. The van der Waals surface area contributed by atoms with Crippen LogP contribution in [0.15, 0.2) is 47.4 Å². The van der Waals surface area contributed by atoms with Crippen LogP contribution in [0.5, 0.6) is 0 Å². The highest BCUT2D eigenvalue weighted by atomic mass is 32.2. The summed E-state index contributed by atoms with van der Waals surface area (Å²) in [5, 5.41) is 5.86. The molecule has 2 N–H and O–H groups in total. The normalized spacial score (nSPS) is 16.7. The SMILES string of the molecule is CSc1ccc(NC2C(=O)Nc3cc(F)ccc32)cc1. The highest BCUT2D eigenvalue weighted by molar-refractivity contribution is 7.98. The Kier molecular flexibility index (Phi) is 3.36. The Labute approximate surface area is 120 Å². The number of rotatable bonds is 3. The van der Waals surface area contributed by atoms with Crippen LogP contribution in [-0.4, -0.2) is 12.2 Å². The third-order valence-corrected chi connectivity index (χ3v) is 3.99. The highest BCUT2D eigenvalue weighted by Gasteiger charge is 2.30. The molecule has 0 bridgehead atoms. The minimum atomic E-state index is -0.481. The Hall–Kier alpha value is -2.01. The van der Waals surface area contributed by atoms with Gasteiger partial charge in [0.15, 0.2) is 0 Å². The lowest BCUT2D eigenvalue weighted by molar-refractivity contribution is -0.116. The van der Waals surface area contributed by atoms with Gasteiger partial charge in [-0.05, 0) is 42.7 Å².